The van der Waals surface area contributed by atoms with Crippen LogP contribution in [0.4, 0.5) is 0 Å². The van der Waals surface area contributed by atoms with E-state index in [4.69, 9.17) is 9.88 Å². The topological polar surface area (TPSA) is 69.4 Å². The Hall–Kier alpha value is -0.590. The van der Waals surface area contributed by atoms with Gasteiger partial charge in [0.1, 0.15) is 5.75 Å². The van der Waals surface area contributed by atoms with E-state index in [1.807, 2.05) is 0 Å². The lowest BCUT2D eigenvalue weighted by atomic mass is 10.2. The van der Waals surface area contributed by atoms with Gasteiger partial charge in [-0.25, -0.2) is 13.6 Å². The number of sulfonamides is 1. The SMILES string of the molecule is CCCCCCOc1ccc(S(N)(=O)=O)cc1Br. The summed E-state index contributed by atoms with van der Waals surface area (Å²) in [5.74, 6) is 0.638. The van der Waals surface area contributed by atoms with E-state index < -0.39 is 10.0 Å². The van der Waals surface area contributed by atoms with Gasteiger partial charge in [-0.05, 0) is 40.5 Å². The summed E-state index contributed by atoms with van der Waals surface area (Å²) in [6.45, 7) is 2.79. The van der Waals surface area contributed by atoms with Gasteiger partial charge in [0, 0.05) is 0 Å². The van der Waals surface area contributed by atoms with Crippen LogP contribution in [0.5, 0.6) is 5.75 Å². The molecule has 0 heterocycles. The lowest BCUT2D eigenvalue weighted by Gasteiger charge is -2.09. The first-order valence-electron chi connectivity index (χ1n) is 5.90. The smallest absolute Gasteiger partial charge is 0.238 e. The van der Waals surface area contributed by atoms with E-state index in [0.29, 0.717) is 16.8 Å². The van der Waals surface area contributed by atoms with E-state index in [1.54, 1.807) is 6.07 Å². The first-order chi connectivity index (χ1) is 8.45. The van der Waals surface area contributed by atoms with Crippen molar-refractivity contribution >= 4 is 26.0 Å². The van der Waals surface area contributed by atoms with E-state index >= 15 is 0 Å². The minimum atomic E-state index is -3.66. The maximum absolute atomic E-state index is 11.1. The summed E-state index contributed by atoms with van der Waals surface area (Å²) in [7, 11) is -3.66. The molecule has 0 amide bonds. The monoisotopic (exact) mass is 335 g/mol. The highest BCUT2D eigenvalue weighted by Gasteiger charge is 2.10. The predicted molar refractivity (Wildman–Crippen MR) is 75.2 cm³/mol. The van der Waals surface area contributed by atoms with Crippen LogP contribution in [0.25, 0.3) is 0 Å². The predicted octanol–water partition coefficient (Wildman–Crippen LogP) is 3.06. The highest BCUT2D eigenvalue weighted by atomic mass is 79.9. The highest BCUT2D eigenvalue weighted by Crippen LogP contribution is 2.27. The first-order valence-corrected chi connectivity index (χ1v) is 8.24. The Kier molecular flexibility index (Phi) is 6.11. The normalized spacial score (nSPS) is 11.5. The summed E-state index contributed by atoms with van der Waals surface area (Å²) in [4.78, 5) is 0.0766. The number of ether oxygens (including phenoxy) is 1. The molecule has 6 heteroatoms. The van der Waals surface area contributed by atoms with Crippen LogP contribution in [0.15, 0.2) is 27.6 Å². The number of unbranched alkanes of at least 4 members (excludes halogenated alkanes) is 3. The number of nitrogens with two attached hydrogens (primary N) is 1. The lowest BCUT2D eigenvalue weighted by Crippen LogP contribution is -2.12. The standard InChI is InChI=1S/C12H18BrNO3S/c1-2-3-4-5-8-17-12-7-6-10(9-11(12)13)18(14,15)16/h6-7,9H,2-5,8H2,1H3,(H2,14,15,16). The van der Waals surface area contributed by atoms with Gasteiger partial charge < -0.3 is 4.74 Å². The molecule has 1 rings (SSSR count). The Bertz CT molecular complexity index is 488. The van der Waals surface area contributed by atoms with E-state index in [0.717, 1.165) is 12.8 Å². The van der Waals surface area contributed by atoms with Crippen LogP contribution in [0, 0.1) is 0 Å². The summed E-state index contributed by atoms with van der Waals surface area (Å²) in [6.07, 6.45) is 4.53. The highest BCUT2D eigenvalue weighted by molar-refractivity contribution is 9.10. The van der Waals surface area contributed by atoms with Crippen molar-refractivity contribution in [2.45, 2.75) is 37.5 Å². The van der Waals surface area contributed by atoms with Crippen LogP contribution in [-0.2, 0) is 10.0 Å². The molecule has 0 radical (unpaired) electrons. The third kappa shape index (κ3) is 4.96. The zero-order valence-electron chi connectivity index (χ0n) is 10.4. The van der Waals surface area contributed by atoms with Gasteiger partial charge in [-0.1, -0.05) is 26.2 Å². The van der Waals surface area contributed by atoms with E-state index in [-0.39, 0.29) is 4.90 Å². The first kappa shape index (κ1) is 15.5. The summed E-state index contributed by atoms with van der Waals surface area (Å²) in [5, 5.41) is 5.04. The molecule has 0 saturated carbocycles. The van der Waals surface area contributed by atoms with Crippen molar-refractivity contribution in [3.8, 4) is 5.75 Å². The fourth-order valence-corrected chi connectivity index (χ4v) is 2.67. The lowest BCUT2D eigenvalue weighted by molar-refractivity contribution is 0.303. The average molecular weight is 336 g/mol. The van der Waals surface area contributed by atoms with E-state index in [1.165, 1.54) is 25.0 Å². The minimum Gasteiger partial charge on any atom is -0.492 e. The van der Waals surface area contributed by atoms with Crippen LogP contribution in [-0.4, -0.2) is 15.0 Å². The Morgan fingerprint density at radius 3 is 2.56 bits per heavy atom. The van der Waals surface area contributed by atoms with Crippen LogP contribution < -0.4 is 9.88 Å². The van der Waals surface area contributed by atoms with Crippen molar-refractivity contribution in [2.24, 2.45) is 5.14 Å². The third-order valence-corrected chi connectivity index (χ3v) is 4.02. The zero-order valence-corrected chi connectivity index (χ0v) is 12.8. The molecule has 102 valence electrons. The number of hydrogen-bond donors (Lipinski definition) is 1. The molecule has 0 atom stereocenters. The number of benzene rings is 1. The average Bonchev–Trinajstić information content (AvgIpc) is 2.29. The van der Waals surface area contributed by atoms with Gasteiger partial charge in [-0.2, -0.15) is 0 Å². The molecular weight excluding hydrogens is 318 g/mol. The van der Waals surface area contributed by atoms with Gasteiger partial charge in [0.25, 0.3) is 0 Å². The molecule has 0 saturated heterocycles. The molecular formula is C12H18BrNO3S. The minimum absolute atomic E-state index is 0.0766. The van der Waals surface area contributed by atoms with Crippen LogP contribution in [0.1, 0.15) is 32.6 Å². The molecule has 0 aromatic heterocycles. The molecule has 0 unspecified atom stereocenters. The molecule has 0 aliphatic carbocycles. The second-order valence-electron chi connectivity index (χ2n) is 4.05. The summed E-state index contributed by atoms with van der Waals surface area (Å²) in [6, 6.07) is 4.52. The van der Waals surface area contributed by atoms with Crippen molar-refractivity contribution in [2.75, 3.05) is 6.61 Å². The van der Waals surface area contributed by atoms with Gasteiger partial charge in [-0.3, -0.25) is 0 Å². The molecule has 0 aliphatic rings. The fraction of sp³-hybridized carbons (Fsp3) is 0.500. The Balaban J connectivity index is 2.58. The van der Waals surface area contributed by atoms with Gasteiger partial charge in [0.05, 0.1) is 16.0 Å². The number of halogens is 1. The summed E-state index contributed by atoms with van der Waals surface area (Å²) in [5.41, 5.74) is 0. The molecule has 0 fully saturated rings. The molecule has 0 bridgehead atoms. The van der Waals surface area contributed by atoms with Gasteiger partial charge in [-0.15, -0.1) is 0 Å². The molecule has 2 N–H and O–H groups in total. The second kappa shape index (κ2) is 7.11. The molecule has 4 nitrogen and oxygen atoms in total. The second-order valence-corrected chi connectivity index (χ2v) is 6.46. The van der Waals surface area contributed by atoms with Crippen molar-refractivity contribution in [3.05, 3.63) is 22.7 Å². The van der Waals surface area contributed by atoms with Crippen LogP contribution in [0.2, 0.25) is 0 Å². The van der Waals surface area contributed by atoms with Crippen LogP contribution in [0.3, 0.4) is 0 Å². The maximum atomic E-state index is 11.1. The van der Waals surface area contributed by atoms with E-state index in [2.05, 4.69) is 22.9 Å². The summed E-state index contributed by atoms with van der Waals surface area (Å²) < 4.78 is 28.5. The Morgan fingerprint density at radius 2 is 2.00 bits per heavy atom. The van der Waals surface area contributed by atoms with Crippen molar-refractivity contribution in [1.29, 1.82) is 0 Å². The molecule has 1 aromatic carbocycles. The molecule has 18 heavy (non-hydrogen) atoms. The number of hydrogen-bond acceptors (Lipinski definition) is 3. The fourth-order valence-electron chi connectivity index (χ4n) is 1.49. The molecule has 0 aliphatic heterocycles. The quantitative estimate of drug-likeness (QED) is 0.778. The molecule has 1 aromatic rings. The van der Waals surface area contributed by atoms with Crippen LogP contribution >= 0.6 is 15.9 Å². The Morgan fingerprint density at radius 1 is 1.28 bits per heavy atom. The van der Waals surface area contributed by atoms with Crippen molar-refractivity contribution < 1.29 is 13.2 Å². The van der Waals surface area contributed by atoms with Gasteiger partial charge in [0.2, 0.25) is 10.0 Å². The number of rotatable bonds is 7. The van der Waals surface area contributed by atoms with E-state index in [9.17, 15) is 8.42 Å². The van der Waals surface area contributed by atoms with Gasteiger partial charge in [0.15, 0.2) is 0 Å². The van der Waals surface area contributed by atoms with Crippen molar-refractivity contribution in [3.63, 3.8) is 0 Å². The Labute approximate surface area is 117 Å². The van der Waals surface area contributed by atoms with Crippen molar-refractivity contribution in [1.82, 2.24) is 0 Å². The zero-order chi connectivity index (χ0) is 13.6. The van der Waals surface area contributed by atoms with Gasteiger partial charge >= 0.3 is 0 Å². The maximum Gasteiger partial charge on any atom is 0.238 e. The molecule has 0 spiro atoms. The number of primary sulfonamides is 1. The largest absolute Gasteiger partial charge is 0.492 e. The summed E-state index contributed by atoms with van der Waals surface area (Å²) >= 11 is 3.28. The third-order valence-electron chi connectivity index (χ3n) is 2.49.